The molecule has 7 N–H and O–H groups in total. The molecule has 0 aromatic rings. The Morgan fingerprint density at radius 2 is 0.720 bits per heavy atom. The van der Waals surface area contributed by atoms with Crippen LogP contribution < -0.4 is 38.4 Å². The molecule has 0 saturated carbocycles. The summed E-state index contributed by atoms with van der Waals surface area (Å²) in [5.74, 6) is -6.31. The Bertz CT molecular complexity index is 844. The normalized spacial score (nSPS) is 8.52. The zero-order valence-corrected chi connectivity index (χ0v) is 40.4. The molecule has 284 valence electrons. The van der Waals surface area contributed by atoms with Gasteiger partial charge in [-0.2, -0.15) is 26.4 Å². The van der Waals surface area contributed by atoms with Crippen LogP contribution in [0.15, 0.2) is 0 Å². The number of amides is 7. The van der Waals surface area contributed by atoms with E-state index in [9.17, 15) is 33.6 Å². The van der Waals surface area contributed by atoms with Crippen molar-refractivity contribution in [3.63, 3.8) is 0 Å². The Balaban J connectivity index is -0.000000300. The molecule has 0 rings (SSSR count). The van der Waals surface area contributed by atoms with Gasteiger partial charge in [0.15, 0.2) is 19.8 Å². The maximum atomic E-state index is 11.5. The van der Waals surface area contributed by atoms with E-state index in [0.29, 0.717) is 19.8 Å². The molecular weight excluding hydrogens is 982 g/mol. The SMILES string of the molecule is CC(C)O[CH-]C(=O)NOCC(=O)NO[CH-]C(=O)NOCC(=O)NO[CH-]C(=O)NOCC(=O)NO[CH-]C(=O)NOC(C)C.[CH3-].[CH3-].[CH3-].[CH3-].[Y].[Y].[Y].[Y]. The van der Waals surface area contributed by atoms with Crippen molar-refractivity contribution in [2.45, 2.75) is 39.9 Å². The van der Waals surface area contributed by atoms with Gasteiger partial charge in [0, 0.05) is 137 Å². The molecule has 0 heterocycles. The first-order valence-corrected chi connectivity index (χ1v) is 11.4. The van der Waals surface area contributed by atoms with Gasteiger partial charge in [0.2, 0.25) is 0 Å². The Kier molecular flexibility index (Phi) is 66.9. The van der Waals surface area contributed by atoms with Crippen LogP contribution in [0.2, 0.25) is 0 Å². The van der Waals surface area contributed by atoms with Crippen LogP contribution in [0.4, 0.5) is 0 Å². The summed E-state index contributed by atoms with van der Waals surface area (Å²) in [6.45, 7) is 6.96. The van der Waals surface area contributed by atoms with E-state index in [1.807, 2.05) is 16.4 Å². The summed E-state index contributed by atoms with van der Waals surface area (Å²) in [6.07, 6.45) is -0.501. The van der Waals surface area contributed by atoms with Gasteiger partial charge in [-0.25, -0.2) is 0 Å². The average Bonchev–Trinajstić information content (AvgIpc) is 2.90. The minimum Gasteiger partial charge on any atom is -0.522 e. The summed E-state index contributed by atoms with van der Waals surface area (Å²) in [7, 11) is 0. The summed E-state index contributed by atoms with van der Waals surface area (Å²) in [6, 6.07) is 0. The topological polar surface area (TPSA) is 278 Å². The quantitative estimate of drug-likeness (QED) is 0.0415. The fourth-order valence-corrected chi connectivity index (χ4v) is 1.52. The van der Waals surface area contributed by atoms with E-state index in [4.69, 9.17) is 9.57 Å². The third-order valence-corrected chi connectivity index (χ3v) is 2.99. The fourth-order valence-electron chi connectivity index (χ4n) is 1.52. The van der Waals surface area contributed by atoms with E-state index >= 15 is 0 Å². The molecule has 0 fully saturated rings. The number of hydrogen-bond acceptors (Lipinski definition) is 15. The van der Waals surface area contributed by atoms with Crippen molar-refractivity contribution in [2.75, 3.05) is 19.8 Å². The predicted molar refractivity (Wildman–Crippen MR) is 153 cm³/mol. The standard InChI is InChI=1S/C20H31N7O15.4CH3.4Y/c1-12(2)35-5-14(28)21-36-6-15(29)22-37-7-16(30)23-38-8-17(31)24-39-9-18(32)25-40-10-19(33)26-41-11-20(34)27-42-13(3)4;;;;;;;;/h5,7,9,11-13H,6,8,10H2,1-4H3,(H,21,28)(H,22,29)(H,23,30)(H,24,31)(H,25,32)(H,26,33)(H,27,34);4*1H3;;;;/q-4;4*-1;;;;. The van der Waals surface area contributed by atoms with Gasteiger partial charge in [-0.3, -0.25) is 72.1 Å². The average molecular weight is 1030 g/mol. The molecule has 0 aliphatic carbocycles. The van der Waals surface area contributed by atoms with Crippen LogP contribution >= 0.6 is 0 Å². The molecule has 0 unspecified atom stereocenters. The van der Waals surface area contributed by atoms with Crippen LogP contribution in [0.1, 0.15) is 27.7 Å². The molecule has 0 aliphatic rings. The molecule has 0 atom stereocenters. The van der Waals surface area contributed by atoms with Crippen LogP contribution in [-0.2, 0) is 203 Å². The first-order chi connectivity index (χ1) is 19.9. The largest absolute Gasteiger partial charge is 0.522 e. The first-order valence-electron chi connectivity index (χ1n) is 11.4. The molecule has 0 aromatic carbocycles. The summed E-state index contributed by atoms with van der Waals surface area (Å²) >= 11 is 0. The maximum Gasteiger partial charge on any atom is 0.269 e. The van der Waals surface area contributed by atoms with E-state index in [1.165, 1.54) is 0 Å². The summed E-state index contributed by atoms with van der Waals surface area (Å²) in [5.41, 5.74) is 12.8. The van der Waals surface area contributed by atoms with Crippen molar-refractivity contribution in [2.24, 2.45) is 0 Å². The zero-order chi connectivity index (χ0) is 31.8. The Labute approximate surface area is 393 Å². The molecule has 0 saturated heterocycles. The molecule has 22 nitrogen and oxygen atoms in total. The van der Waals surface area contributed by atoms with Crippen molar-refractivity contribution >= 4 is 41.4 Å². The first kappa shape index (κ1) is 71.3. The number of nitrogens with one attached hydrogen (secondary N) is 7. The second-order valence-electron chi connectivity index (χ2n) is 7.48. The van der Waals surface area contributed by atoms with Crippen LogP contribution in [0.3, 0.4) is 0 Å². The summed E-state index contributed by atoms with van der Waals surface area (Å²) in [5, 5.41) is 0. The molecule has 7 amide bonds. The summed E-state index contributed by atoms with van der Waals surface area (Å²) in [4.78, 5) is 112. The van der Waals surface area contributed by atoms with Crippen LogP contribution in [-0.4, -0.2) is 73.4 Å². The molecule has 26 heteroatoms. The van der Waals surface area contributed by atoms with Crippen LogP contribution in [0, 0.1) is 56.1 Å². The number of ether oxygens (including phenoxy) is 1. The Morgan fingerprint density at radius 1 is 0.440 bits per heavy atom. The van der Waals surface area contributed by atoms with E-state index in [-0.39, 0.29) is 173 Å². The van der Waals surface area contributed by atoms with Crippen LogP contribution in [0.25, 0.3) is 0 Å². The van der Waals surface area contributed by atoms with Gasteiger partial charge in [-0.05, 0) is 27.7 Å². The Morgan fingerprint density at radius 3 is 1.00 bits per heavy atom. The third-order valence-electron chi connectivity index (χ3n) is 2.99. The van der Waals surface area contributed by atoms with E-state index in [1.54, 1.807) is 49.6 Å². The summed E-state index contributed by atoms with van der Waals surface area (Å²) < 4.78 is 4.89. The van der Waals surface area contributed by atoms with Crippen molar-refractivity contribution < 1.29 is 203 Å². The molecular formula is C24H43N7O15Y4-8. The second-order valence-corrected chi connectivity index (χ2v) is 7.48. The maximum absolute atomic E-state index is 11.5. The third kappa shape index (κ3) is 50.0. The smallest absolute Gasteiger partial charge is 0.269 e. The molecule has 0 aromatic heterocycles. The minimum absolute atomic E-state index is 0. The van der Waals surface area contributed by atoms with Gasteiger partial charge in [0.1, 0.15) is 23.6 Å². The van der Waals surface area contributed by atoms with Gasteiger partial charge >= 0.3 is 0 Å². The van der Waals surface area contributed by atoms with Gasteiger partial charge < -0.3 is 68.1 Å². The van der Waals surface area contributed by atoms with Gasteiger partial charge in [0.05, 0.1) is 6.10 Å². The number of rotatable bonds is 23. The number of carbonyl (C=O) groups excluding carboxylic acids is 7. The van der Waals surface area contributed by atoms with Gasteiger partial charge in [0.25, 0.3) is 17.7 Å². The van der Waals surface area contributed by atoms with Crippen molar-refractivity contribution in [3.05, 3.63) is 56.1 Å². The molecule has 0 spiro atoms. The molecule has 0 aliphatic heterocycles. The molecule has 50 heavy (non-hydrogen) atoms. The number of carbonyl (C=O) groups is 7. The Hall–Kier alpha value is -0.134. The van der Waals surface area contributed by atoms with Gasteiger partial charge in [-0.15, -0.1) is 0 Å². The van der Waals surface area contributed by atoms with Crippen molar-refractivity contribution in [1.82, 2.24) is 38.4 Å². The molecule has 0 bridgehead atoms. The minimum atomic E-state index is -1.03. The monoisotopic (exact) mass is 1020 g/mol. The van der Waals surface area contributed by atoms with Crippen molar-refractivity contribution in [3.8, 4) is 0 Å². The predicted octanol–water partition coefficient (Wildman–Crippen LogP) is -2.41. The zero-order valence-electron chi connectivity index (χ0n) is 29.0. The van der Waals surface area contributed by atoms with Gasteiger partial charge in [-0.1, -0.05) is 0 Å². The molecule has 4 radical (unpaired) electrons. The van der Waals surface area contributed by atoms with E-state index in [0.717, 1.165) is 6.61 Å². The second kappa shape index (κ2) is 46.9. The number of hydrogen-bond donors (Lipinski definition) is 7. The van der Waals surface area contributed by atoms with Crippen LogP contribution in [0.5, 0.6) is 0 Å². The van der Waals surface area contributed by atoms with Crippen molar-refractivity contribution in [1.29, 1.82) is 0 Å². The number of hydroxylamine groups is 7. The fraction of sp³-hybridized carbons (Fsp3) is 0.375. The van der Waals surface area contributed by atoms with E-state index < -0.39 is 61.2 Å². The van der Waals surface area contributed by atoms with E-state index in [2.05, 4.69) is 29.0 Å².